The van der Waals surface area contributed by atoms with Crippen molar-refractivity contribution >= 4 is 18.0 Å². The average molecular weight is 399 g/mol. The van der Waals surface area contributed by atoms with Gasteiger partial charge >= 0.3 is 5.97 Å². The van der Waals surface area contributed by atoms with Crippen molar-refractivity contribution in [2.75, 3.05) is 20.2 Å². The van der Waals surface area contributed by atoms with Gasteiger partial charge in [0.05, 0.1) is 13.0 Å². The number of methoxy groups -OCH3 is 1. The maximum absolute atomic E-state index is 12.5. The van der Waals surface area contributed by atoms with Gasteiger partial charge in [-0.2, -0.15) is 0 Å². The largest absolute Gasteiger partial charge is 0.467 e. The number of amides is 1. The van der Waals surface area contributed by atoms with Crippen LogP contribution in [-0.2, 0) is 20.7 Å². The van der Waals surface area contributed by atoms with Crippen molar-refractivity contribution in [2.24, 2.45) is 5.92 Å². The Labute approximate surface area is 174 Å². The van der Waals surface area contributed by atoms with Crippen LogP contribution in [0.2, 0.25) is 0 Å². The zero-order chi connectivity index (χ0) is 21.5. The summed E-state index contributed by atoms with van der Waals surface area (Å²) in [6.07, 6.45) is 11.6. The molecule has 5 nitrogen and oxygen atoms in total. The molecule has 1 aromatic carbocycles. The molecule has 1 amide bonds. The number of carbonyl (C=O) groups is 2. The Hall–Kier alpha value is -2.66. The predicted molar refractivity (Wildman–Crippen MR) is 119 cm³/mol. The second-order valence-electron chi connectivity index (χ2n) is 6.55. The van der Waals surface area contributed by atoms with Crippen LogP contribution in [0.5, 0.6) is 0 Å². The highest BCUT2D eigenvalue weighted by molar-refractivity contribution is 5.86. The maximum Gasteiger partial charge on any atom is 0.328 e. The summed E-state index contributed by atoms with van der Waals surface area (Å²) in [6.45, 7) is 9.22. The molecule has 1 heterocycles. The van der Waals surface area contributed by atoms with E-state index >= 15 is 0 Å². The molecule has 2 N–H and O–H groups in total. The molecule has 158 valence electrons. The highest BCUT2D eigenvalue weighted by Gasteiger charge is 2.27. The Kier molecular flexibility index (Phi) is 12.1. The summed E-state index contributed by atoms with van der Waals surface area (Å²) >= 11 is 0. The van der Waals surface area contributed by atoms with Gasteiger partial charge in [0.1, 0.15) is 6.04 Å². The summed E-state index contributed by atoms with van der Waals surface area (Å²) < 4.78 is 4.88. The van der Waals surface area contributed by atoms with Crippen molar-refractivity contribution < 1.29 is 14.3 Å². The van der Waals surface area contributed by atoms with Crippen molar-refractivity contribution in [3.05, 3.63) is 66.3 Å². The van der Waals surface area contributed by atoms with Crippen LogP contribution in [0.25, 0.3) is 6.08 Å². The summed E-state index contributed by atoms with van der Waals surface area (Å²) in [7, 11) is 1.34. The van der Waals surface area contributed by atoms with Gasteiger partial charge in [-0.05, 0) is 30.5 Å². The molecule has 2 rings (SSSR count). The Balaban J connectivity index is 0.00000204. The van der Waals surface area contributed by atoms with Gasteiger partial charge in [0.15, 0.2) is 0 Å². The topological polar surface area (TPSA) is 67.4 Å². The van der Waals surface area contributed by atoms with Crippen LogP contribution in [0.4, 0.5) is 0 Å². The van der Waals surface area contributed by atoms with E-state index in [2.05, 4.69) is 17.2 Å². The molecule has 0 radical (unpaired) electrons. The molecule has 2 unspecified atom stereocenters. The second-order valence-corrected chi connectivity index (χ2v) is 6.55. The first kappa shape index (κ1) is 24.4. The third-order valence-electron chi connectivity index (χ3n) is 4.54. The maximum atomic E-state index is 12.5. The van der Waals surface area contributed by atoms with Crippen LogP contribution >= 0.6 is 0 Å². The number of hydrogen-bond acceptors (Lipinski definition) is 4. The lowest BCUT2D eigenvalue weighted by Crippen LogP contribution is -2.48. The molecule has 0 aromatic heterocycles. The Morgan fingerprint density at radius 3 is 2.55 bits per heavy atom. The quantitative estimate of drug-likeness (QED) is 0.518. The minimum atomic E-state index is -0.679. The monoisotopic (exact) mass is 398 g/mol. The molecule has 29 heavy (non-hydrogen) atoms. The van der Waals surface area contributed by atoms with E-state index in [1.807, 2.05) is 62.4 Å². The van der Waals surface area contributed by atoms with Crippen molar-refractivity contribution in [1.29, 1.82) is 0 Å². The first-order chi connectivity index (χ1) is 14.1. The molecule has 1 aliphatic heterocycles. The van der Waals surface area contributed by atoms with Crippen LogP contribution in [0.1, 0.15) is 37.8 Å². The van der Waals surface area contributed by atoms with E-state index in [4.69, 9.17) is 4.74 Å². The predicted octanol–water partition coefficient (Wildman–Crippen LogP) is 3.67. The lowest BCUT2D eigenvalue weighted by atomic mass is 9.97. The van der Waals surface area contributed by atoms with Gasteiger partial charge in [-0.3, -0.25) is 4.79 Å². The van der Waals surface area contributed by atoms with Gasteiger partial charge in [0.25, 0.3) is 0 Å². The SMILES string of the molecule is C=C/C=C\C=C\c1ccc(CC(NC(=O)C2CCCNC2)C(=O)OC)cc1.CC. The van der Waals surface area contributed by atoms with E-state index < -0.39 is 12.0 Å². The highest BCUT2D eigenvalue weighted by atomic mass is 16.5. The summed E-state index contributed by atoms with van der Waals surface area (Å²) in [5, 5.41) is 6.08. The molecular formula is C24H34N2O3. The van der Waals surface area contributed by atoms with Crippen molar-refractivity contribution in [2.45, 2.75) is 39.2 Å². The molecular weight excluding hydrogens is 364 g/mol. The Morgan fingerprint density at radius 2 is 1.97 bits per heavy atom. The highest BCUT2D eigenvalue weighted by Crippen LogP contribution is 2.13. The zero-order valence-corrected chi connectivity index (χ0v) is 17.8. The molecule has 1 aromatic rings. The van der Waals surface area contributed by atoms with Gasteiger partial charge in [-0.15, -0.1) is 0 Å². The molecule has 1 saturated heterocycles. The molecule has 1 aliphatic rings. The van der Waals surface area contributed by atoms with E-state index in [0.29, 0.717) is 13.0 Å². The van der Waals surface area contributed by atoms with Crippen LogP contribution in [0.3, 0.4) is 0 Å². The smallest absolute Gasteiger partial charge is 0.328 e. The van der Waals surface area contributed by atoms with Crippen LogP contribution in [-0.4, -0.2) is 38.1 Å². The van der Waals surface area contributed by atoms with E-state index in [-0.39, 0.29) is 11.8 Å². The third kappa shape index (κ3) is 8.92. The summed E-state index contributed by atoms with van der Waals surface area (Å²) in [6, 6.07) is 7.20. The van der Waals surface area contributed by atoms with E-state index in [9.17, 15) is 9.59 Å². The number of nitrogens with one attached hydrogen (secondary N) is 2. The van der Waals surface area contributed by atoms with Crippen molar-refractivity contribution in [3.63, 3.8) is 0 Å². The molecule has 0 spiro atoms. The van der Waals surface area contributed by atoms with Gasteiger partial charge < -0.3 is 15.4 Å². The first-order valence-electron chi connectivity index (χ1n) is 10.3. The fraction of sp³-hybridized carbons (Fsp3) is 0.417. The molecule has 5 heteroatoms. The third-order valence-corrected chi connectivity index (χ3v) is 4.54. The number of benzene rings is 1. The van der Waals surface area contributed by atoms with Gasteiger partial charge in [0, 0.05) is 13.0 Å². The normalized spacial score (nSPS) is 17.3. The Morgan fingerprint density at radius 1 is 1.24 bits per heavy atom. The fourth-order valence-corrected chi connectivity index (χ4v) is 3.01. The number of allylic oxidation sites excluding steroid dienone is 4. The minimum Gasteiger partial charge on any atom is -0.467 e. The fourth-order valence-electron chi connectivity index (χ4n) is 3.01. The summed E-state index contributed by atoms with van der Waals surface area (Å²) in [4.78, 5) is 24.6. The van der Waals surface area contributed by atoms with Crippen LogP contribution < -0.4 is 10.6 Å². The minimum absolute atomic E-state index is 0.0915. The number of hydrogen-bond donors (Lipinski definition) is 2. The van der Waals surface area contributed by atoms with E-state index in [1.165, 1.54) is 7.11 Å². The van der Waals surface area contributed by atoms with Crippen molar-refractivity contribution in [3.8, 4) is 0 Å². The lowest BCUT2D eigenvalue weighted by molar-refractivity contribution is -0.145. The molecule has 0 aliphatic carbocycles. The second kappa shape index (κ2) is 14.4. The number of rotatable bonds is 8. The van der Waals surface area contributed by atoms with E-state index in [0.717, 1.165) is 30.5 Å². The summed E-state index contributed by atoms with van der Waals surface area (Å²) in [5.41, 5.74) is 2.02. The number of piperidine rings is 1. The molecule has 0 saturated carbocycles. The molecule has 1 fully saturated rings. The summed E-state index contributed by atoms with van der Waals surface area (Å²) in [5.74, 6) is -0.612. The number of esters is 1. The standard InChI is InChI=1S/C22H28N2O3.C2H6/c1-3-4-5-6-8-17-10-12-18(13-11-17)15-20(22(26)27-2)24-21(25)19-9-7-14-23-16-19;1-2/h3-6,8,10-13,19-20,23H,1,7,9,14-16H2,2H3,(H,24,25);1-2H3/b5-4-,8-6+;. The molecule has 0 bridgehead atoms. The first-order valence-corrected chi connectivity index (χ1v) is 10.3. The van der Waals surface area contributed by atoms with Crippen LogP contribution in [0.15, 0.2) is 55.1 Å². The van der Waals surface area contributed by atoms with Crippen LogP contribution in [0, 0.1) is 5.92 Å². The van der Waals surface area contributed by atoms with Gasteiger partial charge in [-0.1, -0.05) is 75.1 Å². The van der Waals surface area contributed by atoms with Gasteiger partial charge in [0.2, 0.25) is 5.91 Å². The van der Waals surface area contributed by atoms with Gasteiger partial charge in [-0.25, -0.2) is 4.79 Å². The van der Waals surface area contributed by atoms with E-state index in [1.54, 1.807) is 6.08 Å². The average Bonchev–Trinajstić information content (AvgIpc) is 2.78. The number of ether oxygens (including phenoxy) is 1. The number of carbonyl (C=O) groups excluding carboxylic acids is 2. The lowest BCUT2D eigenvalue weighted by Gasteiger charge is -2.24. The Bertz CT molecular complexity index is 687. The van der Waals surface area contributed by atoms with Crippen molar-refractivity contribution in [1.82, 2.24) is 10.6 Å². The molecule has 2 atom stereocenters. The zero-order valence-electron chi connectivity index (χ0n) is 17.8.